The van der Waals surface area contributed by atoms with E-state index in [-0.39, 0.29) is 55.0 Å². The molecule has 2 bridgehead atoms. The van der Waals surface area contributed by atoms with Crippen molar-refractivity contribution < 1.29 is 72.1 Å². The van der Waals surface area contributed by atoms with Gasteiger partial charge in [-0.1, -0.05) is 71.1 Å². The molecule has 70 heavy (non-hydrogen) atoms. The number of amides is 1. The standard InChI is InChI=1S/C54H83NO15/c1-12-67-53(62)69-43-24-22-39(29-46(43)65-10)28-35(5)45-31-42(56)34(4)27-37(7)48(58)49(66-11)47(57)36(6)26-32(2)18-14-13-15-19-33(3)44(64-9)30-40-23-21-38(8)54(63,70-40)50(59)51(60)55-25-17-16-20-41(55)52(61)68-45/h13-15,18-19,27,32,35-41,43-46,48-49,58,63H,12,16-17,20-26,28-31H2,1-11H3/t32-,35-,36-,37?,38-,39+,40+,41+,43-,44+,45+,46-,48-,49+,54-/m1/s1. The first-order valence-corrected chi connectivity index (χ1v) is 25.5. The molecule has 0 spiro atoms. The fourth-order valence-corrected chi connectivity index (χ4v) is 10.5. The van der Waals surface area contributed by atoms with Crippen molar-refractivity contribution in [2.75, 3.05) is 34.5 Å². The van der Waals surface area contributed by atoms with Gasteiger partial charge in [0, 0.05) is 58.5 Å². The number of cyclic esters (lactones) is 1. The van der Waals surface area contributed by atoms with Gasteiger partial charge in [0.2, 0.25) is 5.79 Å². The molecule has 3 heterocycles. The quantitative estimate of drug-likeness (QED) is 0.180. The summed E-state index contributed by atoms with van der Waals surface area (Å²) in [6.45, 7) is 14.5. The summed E-state index contributed by atoms with van der Waals surface area (Å²) in [4.78, 5) is 84.4. The van der Waals surface area contributed by atoms with E-state index in [1.54, 1.807) is 48.0 Å². The highest BCUT2D eigenvalue weighted by molar-refractivity contribution is 6.39. The third-order valence-electron chi connectivity index (χ3n) is 15.0. The predicted molar refractivity (Wildman–Crippen MR) is 261 cm³/mol. The Balaban J connectivity index is 1.70. The number of nitrogens with zero attached hydrogens (tertiary/aromatic N) is 1. The summed E-state index contributed by atoms with van der Waals surface area (Å²) in [7, 11) is 4.50. The van der Waals surface area contributed by atoms with Crippen LogP contribution in [0, 0.1) is 35.5 Å². The van der Waals surface area contributed by atoms with Crippen LogP contribution >= 0.6 is 0 Å². The number of ether oxygens (including phenoxy) is 7. The number of methoxy groups -OCH3 is 3. The van der Waals surface area contributed by atoms with Crippen molar-refractivity contribution in [1.82, 2.24) is 4.90 Å². The van der Waals surface area contributed by atoms with Crippen LogP contribution in [0.4, 0.5) is 4.79 Å². The molecule has 4 rings (SSSR count). The third-order valence-corrected chi connectivity index (χ3v) is 15.0. The first-order chi connectivity index (χ1) is 33.2. The van der Waals surface area contributed by atoms with E-state index >= 15 is 0 Å². The van der Waals surface area contributed by atoms with Crippen molar-refractivity contribution >= 4 is 35.4 Å². The normalized spacial score (nSPS) is 35.8. The van der Waals surface area contributed by atoms with Gasteiger partial charge in [-0.3, -0.25) is 19.2 Å². The molecule has 15 atom stereocenters. The van der Waals surface area contributed by atoms with E-state index in [0.717, 1.165) is 5.57 Å². The first-order valence-electron chi connectivity index (χ1n) is 25.5. The van der Waals surface area contributed by atoms with Gasteiger partial charge in [-0.25, -0.2) is 9.59 Å². The highest BCUT2D eigenvalue weighted by atomic mass is 16.7. The maximum absolute atomic E-state index is 14.5. The number of ketones is 3. The van der Waals surface area contributed by atoms with Gasteiger partial charge in [0.1, 0.15) is 24.4 Å². The minimum atomic E-state index is -2.45. The zero-order chi connectivity index (χ0) is 51.9. The highest BCUT2D eigenvalue weighted by Crippen LogP contribution is 2.38. The van der Waals surface area contributed by atoms with Gasteiger partial charge >= 0.3 is 12.1 Å². The molecule has 1 amide bonds. The fourth-order valence-electron chi connectivity index (χ4n) is 10.5. The molecule has 0 aromatic heterocycles. The van der Waals surface area contributed by atoms with E-state index in [4.69, 9.17) is 33.2 Å². The topological polar surface area (TPSA) is 211 Å². The number of esters is 1. The van der Waals surface area contributed by atoms with Gasteiger partial charge in [0.15, 0.2) is 11.6 Å². The number of carbonyl (C=O) groups is 6. The molecule has 1 aliphatic carbocycles. The molecule has 1 unspecified atom stereocenters. The van der Waals surface area contributed by atoms with E-state index in [1.807, 2.05) is 58.1 Å². The van der Waals surface area contributed by atoms with Crippen molar-refractivity contribution in [3.63, 3.8) is 0 Å². The largest absolute Gasteiger partial charge is 0.508 e. The number of allylic oxidation sites excluding steroid dienone is 6. The first kappa shape index (κ1) is 58.5. The van der Waals surface area contributed by atoms with Crippen LogP contribution < -0.4 is 0 Å². The smallest absolute Gasteiger partial charge is 0.460 e. The van der Waals surface area contributed by atoms with Crippen LogP contribution in [-0.4, -0.2) is 140 Å². The van der Waals surface area contributed by atoms with Crippen LogP contribution in [0.25, 0.3) is 0 Å². The van der Waals surface area contributed by atoms with E-state index in [1.165, 1.54) is 12.0 Å². The van der Waals surface area contributed by atoms with Crippen molar-refractivity contribution in [1.29, 1.82) is 0 Å². The molecular weight excluding hydrogens is 903 g/mol. The molecule has 3 aliphatic heterocycles. The number of piperidine rings is 1. The lowest BCUT2D eigenvalue weighted by Gasteiger charge is -2.42. The van der Waals surface area contributed by atoms with Gasteiger partial charge in [-0.2, -0.15) is 0 Å². The molecule has 16 heteroatoms. The molecule has 3 fully saturated rings. The maximum Gasteiger partial charge on any atom is 0.508 e. The Kier molecular flexibility index (Phi) is 23.1. The lowest BCUT2D eigenvalue weighted by atomic mass is 9.78. The van der Waals surface area contributed by atoms with Gasteiger partial charge in [-0.05, 0) is 114 Å². The Hall–Kier alpha value is -4.06. The minimum Gasteiger partial charge on any atom is -0.460 e. The van der Waals surface area contributed by atoms with Crippen LogP contribution in [-0.2, 0) is 57.1 Å². The highest BCUT2D eigenvalue weighted by Gasteiger charge is 2.53. The minimum absolute atomic E-state index is 0.00872. The summed E-state index contributed by atoms with van der Waals surface area (Å²) in [5.41, 5.74) is 1.16. The summed E-state index contributed by atoms with van der Waals surface area (Å²) in [6.07, 6.45) is 9.92. The summed E-state index contributed by atoms with van der Waals surface area (Å²) in [6, 6.07) is -1.17. The van der Waals surface area contributed by atoms with Crippen LogP contribution in [0.5, 0.6) is 0 Å². The van der Waals surface area contributed by atoms with Gasteiger partial charge in [-0.15, -0.1) is 0 Å². The van der Waals surface area contributed by atoms with Crippen LogP contribution in [0.2, 0.25) is 0 Å². The molecule has 2 N–H and O–H groups in total. The van der Waals surface area contributed by atoms with Crippen LogP contribution in [0.1, 0.15) is 132 Å². The van der Waals surface area contributed by atoms with E-state index < -0.39 is 102 Å². The predicted octanol–water partition coefficient (Wildman–Crippen LogP) is 7.36. The zero-order valence-corrected chi connectivity index (χ0v) is 43.6. The van der Waals surface area contributed by atoms with Crippen LogP contribution in [0.3, 0.4) is 0 Å². The molecule has 4 aliphatic rings. The van der Waals surface area contributed by atoms with E-state index in [0.29, 0.717) is 64.2 Å². The summed E-state index contributed by atoms with van der Waals surface area (Å²) in [5, 5.41) is 23.5. The summed E-state index contributed by atoms with van der Waals surface area (Å²) in [5.74, 6) is -8.26. The zero-order valence-electron chi connectivity index (χ0n) is 43.6. The molecule has 394 valence electrons. The molecule has 16 nitrogen and oxygen atoms in total. The summed E-state index contributed by atoms with van der Waals surface area (Å²) >= 11 is 0. The lowest BCUT2D eigenvalue weighted by molar-refractivity contribution is -0.265. The van der Waals surface area contributed by atoms with Gasteiger partial charge < -0.3 is 48.3 Å². The average Bonchev–Trinajstić information content (AvgIpc) is 3.33. The average molecular weight is 986 g/mol. The third kappa shape index (κ3) is 15.7. The Bertz CT molecular complexity index is 1910. The van der Waals surface area contributed by atoms with Crippen molar-refractivity contribution in [3.8, 4) is 0 Å². The number of rotatable bonds is 8. The van der Waals surface area contributed by atoms with Gasteiger partial charge in [0.05, 0.1) is 31.0 Å². The molecule has 0 aromatic rings. The SMILES string of the molecule is CCOC(=O)O[C@@H]1CC[C@@H](C[C@@H](C)[C@@H]2CC(=O)C(C)=CC(C)[C@@H](O)[C@@H](OC)C(=O)[C@H](C)C[C@H](C)C=CC=CC=C(C)[C@@H](OC)C[C@@H]3CC[C@@H](C)[C@@](O)(O3)C(=O)C(=O)N3CCCC[C@H]3C(=O)O2)C[C@H]1OC. The van der Waals surface area contributed by atoms with Gasteiger partial charge in [0.25, 0.3) is 11.7 Å². The number of hydrogen-bond acceptors (Lipinski definition) is 15. The van der Waals surface area contributed by atoms with E-state index in [9.17, 15) is 39.0 Å². The number of hydrogen-bond donors (Lipinski definition) is 2. The fraction of sp³-hybridized carbons (Fsp3) is 0.741. The van der Waals surface area contributed by atoms with Crippen molar-refractivity contribution in [2.45, 2.75) is 187 Å². The Labute approximate surface area is 415 Å². The Morgan fingerprint density at radius 2 is 1.61 bits per heavy atom. The van der Waals surface area contributed by atoms with E-state index in [2.05, 4.69) is 0 Å². The number of aliphatic hydroxyl groups is 2. The second-order valence-corrected chi connectivity index (χ2v) is 20.4. The molecule has 0 aromatic carbocycles. The lowest BCUT2D eigenvalue weighted by Crippen LogP contribution is -2.61. The summed E-state index contributed by atoms with van der Waals surface area (Å²) < 4.78 is 40.2. The number of aliphatic hydroxyl groups excluding tert-OH is 1. The maximum atomic E-state index is 14.5. The molecular formula is C54H83NO15. The number of Topliss-reactive ketones (excluding diaryl/α,β-unsaturated/α-hetero) is 3. The molecule has 0 radical (unpaired) electrons. The number of fused-ring (bicyclic) bond motifs is 3. The second-order valence-electron chi connectivity index (χ2n) is 20.4. The van der Waals surface area contributed by atoms with Crippen LogP contribution in [0.15, 0.2) is 47.6 Å². The molecule has 2 saturated heterocycles. The van der Waals surface area contributed by atoms with Crippen molar-refractivity contribution in [2.24, 2.45) is 35.5 Å². The Morgan fingerprint density at radius 3 is 2.29 bits per heavy atom. The second kappa shape index (κ2) is 27.7. The van der Waals surface area contributed by atoms with Crippen molar-refractivity contribution in [3.05, 3.63) is 47.6 Å². The number of carbonyl (C=O) groups excluding carboxylic acids is 6. The molecule has 1 saturated carbocycles. The monoisotopic (exact) mass is 986 g/mol. The Morgan fingerprint density at radius 1 is 0.886 bits per heavy atom.